The zero-order valence-electron chi connectivity index (χ0n) is 21.0. The Morgan fingerprint density at radius 2 is 2.00 bits per heavy atom. The van der Waals surface area contributed by atoms with Crippen molar-refractivity contribution >= 4 is 11.7 Å². The first kappa shape index (κ1) is 26.9. The minimum Gasteiger partial charge on any atom is -0.497 e. The zero-order chi connectivity index (χ0) is 24.8. The number of guanidine groups is 1. The van der Waals surface area contributed by atoms with Crippen LogP contribution in [0.25, 0.3) is 0 Å². The van der Waals surface area contributed by atoms with Gasteiger partial charge in [0, 0.05) is 36.3 Å². The Bertz CT molecular complexity index is 974. The first-order valence-electron chi connectivity index (χ1n) is 11.6. The van der Waals surface area contributed by atoms with Crippen LogP contribution in [-0.4, -0.2) is 50.4 Å². The second-order valence-corrected chi connectivity index (χ2v) is 8.11. The highest BCUT2D eigenvalue weighted by Crippen LogP contribution is 2.15. The first-order valence-corrected chi connectivity index (χ1v) is 11.6. The van der Waals surface area contributed by atoms with Crippen molar-refractivity contribution in [1.29, 1.82) is 0 Å². The van der Waals surface area contributed by atoms with Gasteiger partial charge in [0.15, 0.2) is 0 Å². The first-order chi connectivity index (χ1) is 16.4. The predicted molar refractivity (Wildman–Crippen MR) is 144 cm³/mol. The number of methoxy groups -OCH3 is 1. The Labute approximate surface area is 204 Å². The summed E-state index contributed by atoms with van der Waals surface area (Å²) < 4.78 is 11.6. The maximum absolute atomic E-state index is 6.02. The van der Waals surface area contributed by atoms with Crippen molar-refractivity contribution in [3.05, 3.63) is 96.3 Å². The van der Waals surface area contributed by atoms with E-state index in [0.29, 0.717) is 19.0 Å². The lowest BCUT2D eigenvalue weighted by Crippen LogP contribution is -2.22. The normalized spacial score (nSPS) is 26.4. The summed E-state index contributed by atoms with van der Waals surface area (Å²) in [6.45, 7) is 14.0. The van der Waals surface area contributed by atoms with Crippen LogP contribution < -0.4 is 5.32 Å². The van der Waals surface area contributed by atoms with Crippen molar-refractivity contribution < 1.29 is 9.47 Å². The molecule has 34 heavy (non-hydrogen) atoms. The summed E-state index contributed by atoms with van der Waals surface area (Å²) in [6, 6.07) is 0. The third kappa shape index (κ3) is 9.63. The van der Waals surface area contributed by atoms with Crippen LogP contribution in [0.4, 0.5) is 0 Å². The molecule has 1 heterocycles. The lowest BCUT2D eigenvalue weighted by molar-refractivity contribution is 0.229. The molecular weight excluding hydrogens is 424 g/mol. The molecule has 0 aromatic rings. The van der Waals surface area contributed by atoms with Gasteiger partial charge in [-0.15, -0.1) is 0 Å². The van der Waals surface area contributed by atoms with Crippen molar-refractivity contribution in [2.75, 3.05) is 33.9 Å². The molecule has 2 rings (SSSR count). The summed E-state index contributed by atoms with van der Waals surface area (Å²) in [5.41, 5.74) is 3.69. The van der Waals surface area contributed by atoms with Gasteiger partial charge in [-0.3, -0.25) is 4.90 Å². The quantitative estimate of drug-likeness (QED) is 0.543. The molecule has 0 saturated carbocycles. The van der Waals surface area contributed by atoms with E-state index < -0.39 is 0 Å². The highest BCUT2D eigenvalue weighted by atomic mass is 16.5. The van der Waals surface area contributed by atoms with Crippen LogP contribution in [0, 0.1) is 0 Å². The van der Waals surface area contributed by atoms with E-state index in [-0.39, 0.29) is 0 Å². The maximum atomic E-state index is 6.02. The summed E-state index contributed by atoms with van der Waals surface area (Å²) in [4.78, 5) is 11.2. The molecule has 6 nitrogen and oxygen atoms in total. The van der Waals surface area contributed by atoms with Crippen LogP contribution >= 0.6 is 0 Å². The molecule has 182 valence electrons. The fourth-order valence-corrected chi connectivity index (χ4v) is 3.39. The summed E-state index contributed by atoms with van der Waals surface area (Å²) >= 11 is 0. The largest absolute Gasteiger partial charge is 0.497 e. The van der Waals surface area contributed by atoms with Gasteiger partial charge in [0.05, 0.1) is 13.7 Å². The second kappa shape index (κ2) is 14.7. The molecule has 2 aliphatic rings. The summed E-state index contributed by atoms with van der Waals surface area (Å²) in [6.07, 6.45) is 20.5. The van der Waals surface area contributed by atoms with Crippen LogP contribution in [0.15, 0.2) is 106 Å². The molecule has 0 fully saturated rings. The number of nitrogens with zero attached hydrogens (tertiary/aromatic N) is 3. The molecule has 1 aliphatic carbocycles. The Morgan fingerprint density at radius 1 is 1.18 bits per heavy atom. The average Bonchev–Trinajstić information content (AvgIpc) is 3.04. The number of hydrogen-bond acceptors (Lipinski definition) is 4. The summed E-state index contributed by atoms with van der Waals surface area (Å²) in [7, 11) is 3.75. The average molecular weight is 463 g/mol. The summed E-state index contributed by atoms with van der Waals surface area (Å²) in [5.74, 6) is 2.12. The van der Waals surface area contributed by atoms with Gasteiger partial charge in [-0.2, -0.15) is 0 Å². The van der Waals surface area contributed by atoms with Crippen molar-refractivity contribution in [2.24, 2.45) is 9.98 Å². The minimum absolute atomic E-state index is 0.476. The molecule has 0 spiro atoms. The third-order valence-corrected chi connectivity index (χ3v) is 5.16. The van der Waals surface area contributed by atoms with E-state index >= 15 is 0 Å². The lowest BCUT2D eigenvalue weighted by atomic mass is 10.1. The third-order valence-electron chi connectivity index (χ3n) is 5.16. The van der Waals surface area contributed by atoms with Crippen LogP contribution in [-0.2, 0) is 9.47 Å². The predicted octanol–water partition coefficient (Wildman–Crippen LogP) is 5.60. The topological polar surface area (TPSA) is 58.5 Å². The molecule has 0 aromatic carbocycles. The van der Waals surface area contributed by atoms with Gasteiger partial charge >= 0.3 is 0 Å². The number of ether oxygens (including phenoxy) is 2. The second-order valence-electron chi connectivity index (χ2n) is 8.11. The lowest BCUT2D eigenvalue weighted by Gasteiger charge is -2.17. The minimum atomic E-state index is 0.476. The highest BCUT2D eigenvalue weighted by Gasteiger charge is 2.08. The molecule has 1 N–H and O–H groups in total. The van der Waals surface area contributed by atoms with Gasteiger partial charge in [-0.1, -0.05) is 43.5 Å². The van der Waals surface area contributed by atoms with E-state index in [0.717, 1.165) is 60.0 Å². The number of aliphatic imine (C=N–C) groups is 2. The van der Waals surface area contributed by atoms with Gasteiger partial charge < -0.3 is 14.8 Å². The van der Waals surface area contributed by atoms with E-state index in [9.17, 15) is 0 Å². The highest BCUT2D eigenvalue weighted by molar-refractivity contribution is 6.07. The SMILES string of the molecule is C=CN=C1/N=C(\C)C2=CC(=CCC=C2)OCC/C=C/CN(C)CC(=C)/C(OC)=C\C/C=C(\C)N1. The number of fused-ring (bicyclic) bond motifs is 1. The molecule has 0 atom stereocenters. The molecular formula is C28H38N4O2. The molecule has 6 heteroatoms. The monoisotopic (exact) mass is 462 g/mol. The van der Waals surface area contributed by atoms with Gasteiger partial charge in [0.1, 0.15) is 11.5 Å². The van der Waals surface area contributed by atoms with Crippen molar-refractivity contribution in [1.82, 2.24) is 10.2 Å². The molecule has 1 aliphatic heterocycles. The molecule has 0 unspecified atom stereocenters. The number of nitrogens with one attached hydrogen (secondary N) is 1. The molecule has 2 bridgehead atoms. The van der Waals surface area contributed by atoms with E-state index in [1.165, 1.54) is 6.20 Å². The Balaban J connectivity index is 2.33. The number of hydrogen-bond donors (Lipinski definition) is 1. The molecule has 0 saturated heterocycles. The van der Waals surface area contributed by atoms with Gasteiger partial charge in [-0.05, 0) is 64.0 Å². The molecule has 0 radical (unpaired) electrons. The Morgan fingerprint density at radius 3 is 2.76 bits per heavy atom. The van der Waals surface area contributed by atoms with Crippen molar-refractivity contribution in [3.8, 4) is 0 Å². The van der Waals surface area contributed by atoms with E-state index in [2.05, 4.69) is 71.9 Å². The van der Waals surface area contributed by atoms with Crippen molar-refractivity contribution in [2.45, 2.75) is 33.1 Å². The fraction of sp³-hybridized carbons (Fsp3) is 0.357. The van der Waals surface area contributed by atoms with Crippen LogP contribution in [0.2, 0.25) is 0 Å². The summed E-state index contributed by atoms with van der Waals surface area (Å²) in [5, 5.41) is 3.27. The van der Waals surface area contributed by atoms with E-state index in [1.807, 2.05) is 26.0 Å². The Hall–Kier alpha value is -3.38. The van der Waals surface area contributed by atoms with Crippen LogP contribution in [0.1, 0.15) is 33.1 Å². The van der Waals surface area contributed by atoms with Gasteiger partial charge in [0.2, 0.25) is 5.96 Å². The van der Waals surface area contributed by atoms with E-state index in [4.69, 9.17) is 14.5 Å². The standard InChI is InChI=1S/C28H38N4O2/c1-7-29-28-30-23(3)14-13-17-27(33-6)22(2)21-32(5)18-11-8-12-19-34-26-16-10-9-15-25(20-26)24(4)31-28/h7-9,11,14-17,20H,1-2,10,12-13,18-19,21H2,3-6H3,(H,29,30)/b11-8+,23-14+,27-17+,31-24+. The number of likely N-dealkylation sites (N-methyl/N-ethyl adjacent to an activating group) is 1. The van der Waals surface area contributed by atoms with E-state index in [1.54, 1.807) is 7.11 Å². The zero-order valence-corrected chi connectivity index (χ0v) is 21.0. The van der Waals surface area contributed by atoms with Crippen molar-refractivity contribution in [3.63, 3.8) is 0 Å². The molecule has 0 aromatic heterocycles. The fourth-order valence-electron chi connectivity index (χ4n) is 3.39. The van der Waals surface area contributed by atoms with Gasteiger partial charge in [-0.25, -0.2) is 9.98 Å². The Kier molecular flexibility index (Phi) is 11.6. The molecule has 0 amide bonds. The van der Waals surface area contributed by atoms with Gasteiger partial charge in [0.25, 0.3) is 0 Å². The smallest absolute Gasteiger partial charge is 0.227 e. The van der Waals surface area contributed by atoms with Crippen LogP contribution in [0.3, 0.4) is 0 Å². The maximum Gasteiger partial charge on any atom is 0.227 e. The number of allylic oxidation sites excluding steroid dienone is 8. The van der Waals surface area contributed by atoms with Crippen LogP contribution in [0.5, 0.6) is 0 Å². The number of rotatable bonds is 2.